The third-order valence-corrected chi connectivity index (χ3v) is 6.26. The molecule has 0 saturated heterocycles. The monoisotopic (exact) mass is 470 g/mol. The van der Waals surface area contributed by atoms with Crippen LogP contribution in [-0.2, 0) is 4.79 Å². The molecule has 1 amide bonds. The Kier molecular flexibility index (Phi) is 8.12. The molecular formula is C24H27ClN4O4. The number of hydrogen-bond acceptors (Lipinski definition) is 6. The van der Waals surface area contributed by atoms with Crippen LogP contribution in [0.15, 0.2) is 30.5 Å². The highest BCUT2D eigenvalue weighted by atomic mass is 35.5. The fraction of sp³-hybridized carbons (Fsp3) is 0.417. The number of anilines is 1. The Balaban J connectivity index is 1.64. The van der Waals surface area contributed by atoms with Gasteiger partial charge in [-0.3, -0.25) is 9.59 Å². The first-order valence-corrected chi connectivity index (χ1v) is 11.2. The maximum absolute atomic E-state index is 12.6. The second kappa shape index (κ2) is 11.0. The van der Waals surface area contributed by atoms with E-state index in [0.717, 1.165) is 18.4 Å². The Hall–Kier alpha value is -3.31. The number of rotatable bonds is 8. The van der Waals surface area contributed by atoms with Crippen LogP contribution in [0, 0.1) is 23.2 Å². The molecule has 0 aliphatic heterocycles. The van der Waals surface area contributed by atoms with Crippen molar-refractivity contribution in [2.45, 2.75) is 38.6 Å². The summed E-state index contributed by atoms with van der Waals surface area (Å²) in [5.74, 6) is -0.0715. The number of methoxy groups -OCH3 is 1. The SMILES string of the molecule is COc1ccc(Cl)cc1[C@H](C)Nc1ncc(C(=O)NCC2CCC(C(=O)O)CC2)cc1C#N. The largest absolute Gasteiger partial charge is 0.496 e. The molecule has 33 heavy (non-hydrogen) atoms. The van der Waals surface area contributed by atoms with Gasteiger partial charge in [-0.1, -0.05) is 11.6 Å². The Morgan fingerprint density at radius 3 is 2.67 bits per heavy atom. The fourth-order valence-corrected chi connectivity index (χ4v) is 4.25. The van der Waals surface area contributed by atoms with Crippen molar-refractivity contribution in [2.24, 2.45) is 11.8 Å². The molecule has 9 heteroatoms. The minimum Gasteiger partial charge on any atom is -0.496 e. The number of hydrogen-bond donors (Lipinski definition) is 3. The van der Waals surface area contributed by atoms with E-state index in [0.29, 0.717) is 41.5 Å². The van der Waals surface area contributed by atoms with Crippen molar-refractivity contribution in [3.05, 3.63) is 52.2 Å². The maximum atomic E-state index is 12.6. The minimum absolute atomic E-state index is 0.248. The third-order valence-electron chi connectivity index (χ3n) is 6.03. The molecule has 1 aromatic heterocycles. The highest BCUT2D eigenvalue weighted by molar-refractivity contribution is 6.30. The van der Waals surface area contributed by atoms with Gasteiger partial charge in [-0.15, -0.1) is 0 Å². The minimum atomic E-state index is -0.746. The first-order valence-electron chi connectivity index (χ1n) is 10.8. The number of carboxylic acids is 1. The molecule has 3 N–H and O–H groups in total. The Morgan fingerprint density at radius 1 is 1.30 bits per heavy atom. The van der Waals surface area contributed by atoms with Crippen LogP contribution < -0.4 is 15.4 Å². The van der Waals surface area contributed by atoms with Gasteiger partial charge >= 0.3 is 5.97 Å². The average molecular weight is 471 g/mol. The van der Waals surface area contributed by atoms with Gasteiger partial charge in [-0.2, -0.15) is 5.26 Å². The molecule has 174 valence electrons. The number of amides is 1. The fourth-order valence-electron chi connectivity index (χ4n) is 4.07. The Labute approximate surface area is 197 Å². The lowest BCUT2D eigenvalue weighted by Gasteiger charge is -2.26. The summed E-state index contributed by atoms with van der Waals surface area (Å²) >= 11 is 6.12. The molecule has 1 aliphatic carbocycles. The maximum Gasteiger partial charge on any atom is 0.306 e. The second-order valence-corrected chi connectivity index (χ2v) is 8.69. The zero-order valence-electron chi connectivity index (χ0n) is 18.6. The van der Waals surface area contributed by atoms with Gasteiger partial charge in [0.2, 0.25) is 0 Å². The van der Waals surface area contributed by atoms with Crippen molar-refractivity contribution in [3.8, 4) is 11.8 Å². The van der Waals surface area contributed by atoms with Gasteiger partial charge in [0.05, 0.1) is 30.2 Å². The number of pyridine rings is 1. The number of aromatic nitrogens is 1. The number of benzene rings is 1. The predicted octanol–water partition coefficient (Wildman–Crippen LogP) is 4.41. The number of carbonyl (C=O) groups is 2. The zero-order chi connectivity index (χ0) is 24.0. The number of carbonyl (C=O) groups excluding carboxylic acids is 1. The molecule has 1 aliphatic rings. The lowest BCUT2D eigenvalue weighted by molar-refractivity contribution is -0.143. The number of carboxylic acid groups (broad SMARTS) is 1. The molecular weight excluding hydrogens is 444 g/mol. The summed E-state index contributed by atoms with van der Waals surface area (Å²) in [7, 11) is 1.57. The van der Waals surface area contributed by atoms with E-state index in [1.54, 1.807) is 25.3 Å². The van der Waals surface area contributed by atoms with Crippen molar-refractivity contribution < 1.29 is 19.4 Å². The summed E-state index contributed by atoms with van der Waals surface area (Å²) in [4.78, 5) is 28.0. The topological polar surface area (TPSA) is 124 Å². The molecule has 3 rings (SSSR count). The summed E-state index contributed by atoms with van der Waals surface area (Å²) in [6.07, 6.45) is 4.24. The van der Waals surface area contributed by atoms with Crippen molar-refractivity contribution in [2.75, 3.05) is 19.0 Å². The molecule has 0 radical (unpaired) electrons. The van der Waals surface area contributed by atoms with E-state index in [4.69, 9.17) is 21.4 Å². The number of nitrogens with zero attached hydrogens (tertiary/aromatic N) is 2. The molecule has 1 heterocycles. The van der Waals surface area contributed by atoms with Crippen molar-refractivity contribution in [3.63, 3.8) is 0 Å². The van der Waals surface area contributed by atoms with Crippen LogP contribution in [0.4, 0.5) is 5.82 Å². The number of nitrogens with one attached hydrogen (secondary N) is 2. The molecule has 1 saturated carbocycles. The quantitative estimate of drug-likeness (QED) is 0.521. The predicted molar refractivity (Wildman–Crippen MR) is 124 cm³/mol. The standard InChI is InChI=1S/C24H27ClN4O4/c1-14(20-10-19(25)7-8-21(20)33-2)29-22-17(11-26)9-18(13-27-22)23(30)28-12-15-3-5-16(6-4-15)24(31)32/h7-10,13-16H,3-6,12H2,1-2H3,(H,27,29)(H,28,30)(H,31,32)/t14-,15?,16?/m0/s1. The molecule has 1 aromatic carbocycles. The van der Waals surface area contributed by atoms with Gasteiger partial charge in [0, 0.05) is 23.3 Å². The van der Waals surface area contributed by atoms with Gasteiger partial charge in [0.15, 0.2) is 0 Å². The lowest BCUT2D eigenvalue weighted by atomic mass is 9.82. The summed E-state index contributed by atoms with van der Waals surface area (Å²) in [6, 6.07) is 8.65. The second-order valence-electron chi connectivity index (χ2n) is 8.25. The summed E-state index contributed by atoms with van der Waals surface area (Å²) in [6.45, 7) is 2.37. The Bertz CT molecular complexity index is 1060. The highest BCUT2D eigenvalue weighted by Crippen LogP contribution is 2.31. The smallest absolute Gasteiger partial charge is 0.306 e. The van der Waals surface area contributed by atoms with Gasteiger partial charge in [0.25, 0.3) is 5.91 Å². The summed E-state index contributed by atoms with van der Waals surface area (Å²) in [5, 5.41) is 25.3. The zero-order valence-corrected chi connectivity index (χ0v) is 19.4. The van der Waals surface area contributed by atoms with Crippen molar-refractivity contribution in [1.29, 1.82) is 5.26 Å². The van der Waals surface area contributed by atoms with E-state index in [2.05, 4.69) is 21.7 Å². The van der Waals surface area contributed by atoms with Crippen molar-refractivity contribution in [1.82, 2.24) is 10.3 Å². The Morgan fingerprint density at radius 2 is 2.03 bits per heavy atom. The summed E-state index contributed by atoms with van der Waals surface area (Å²) < 4.78 is 5.39. The normalized spacial score (nSPS) is 18.6. The lowest BCUT2D eigenvalue weighted by Crippen LogP contribution is -2.32. The van der Waals surface area contributed by atoms with Crippen LogP contribution in [0.25, 0.3) is 0 Å². The molecule has 8 nitrogen and oxygen atoms in total. The number of halogens is 1. The number of nitriles is 1. The third kappa shape index (κ3) is 6.14. The molecule has 0 spiro atoms. The number of aliphatic carboxylic acids is 1. The summed E-state index contributed by atoms with van der Waals surface area (Å²) in [5.41, 5.74) is 1.36. The van der Waals surface area contributed by atoms with E-state index in [1.807, 2.05) is 6.92 Å². The van der Waals surface area contributed by atoms with Crippen LogP contribution in [0.3, 0.4) is 0 Å². The van der Waals surface area contributed by atoms with E-state index in [1.165, 1.54) is 12.3 Å². The van der Waals surface area contributed by atoms with E-state index in [9.17, 15) is 14.9 Å². The highest BCUT2D eigenvalue weighted by Gasteiger charge is 2.26. The van der Waals surface area contributed by atoms with Gasteiger partial charge < -0.3 is 20.5 Å². The van der Waals surface area contributed by atoms with Gasteiger partial charge in [0.1, 0.15) is 17.6 Å². The first-order chi connectivity index (χ1) is 15.8. The number of ether oxygens (including phenoxy) is 1. The molecule has 0 bridgehead atoms. The van der Waals surface area contributed by atoms with Crippen molar-refractivity contribution >= 4 is 29.3 Å². The van der Waals surface area contributed by atoms with Gasteiger partial charge in [-0.05, 0) is 62.8 Å². The molecule has 0 unspecified atom stereocenters. The van der Waals surface area contributed by atoms with E-state index >= 15 is 0 Å². The van der Waals surface area contributed by atoms with Crippen LogP contribution in [-0.4, -0.2) is 35.6 Å². The van der Waals surface area contributed by atoms with Crippen LogP contribution in [0.1, 0.15) is 60.1 Å². The van der Waals surface area contributed by atoms with Crippen LogP contribution in [0.5, 0.6) is 5.75 Å². The van der Waals surface area contributed by atoms with Crippen LogP contribution >= 0.6 is 11.6 Å². The average Bonchev–Trinajstić information content (AvgIpc) is 2.82. The van der Waals surface area contributed by atoms with Crippen LogP contribution in [0.2, 0.25) is 5.02 Å². The first kappa shape index (κ1) is 24.3. The molecule has 2 aromatic rings. The molecule has 1 atom stereocenters. The molecule has 1 fully saturated rings. The van der Waals surface area contributed by atoms with E-state index < -0.39 is 5.97 Å². The van der Waals surface area contributed by atoms with E-state index in [-0.39, 0.29) is 29.3 Å². The van der Waals surface area contributed by atoms with Gasteiger partial charge in [-0.25, -0.2) is 4.98 Å².